The smallest absolute Gasteiger partial charge is 0.326 e. The first-order valence-electron chi connectivity index (χ1n) is 11.2. The molecule has 0 heterocycles. The normalized spacial score (nSPS) is 10.6. The second-order valence-electron chi connectivity index (χ2n) is 7.59. The molecule has 34 heavy (non-hydrogen) atoms. The molecule has 0 aliphatic heterocycles. The number of hydrogen-bond acceptors (Lipinski definition) is 3. The van der Waals surface area contributed by atoms with Crippen molar-refractivity contribution in [1.82, 2.24) is 10.2 Å². The predicted octanol–water partition coefficient (Wildman–Crippen LogP) is 4.77. The van der Waals surface area contributed by atoms with Crippen LogP contribution in [0.4, 0.5) is 4.79 Å². The molecular weight excluding hydrogens is 432 g/mol. The first-order valence-corrected chi connectivity index (χ1v) is 11.2. The molecule has 0 aliphatic rings. The Morgan fingerprint density at radius 1 is 0.912 bits per heavy atom. The number of amides is 2. The zero-order valence-electron chi connectivity index (χ0n) is 20.4. The Bertz CT molecular complexity index is 892. The van der Waals surface area contributed by atoms with E-state index in [-0.39, 0.29) is 25.3 Å². The van der Waals surface area contributed by atoms with Crippen LogP contribution >= 0.6 is 0 Å². The molecule has 1 atom stereocenters. The summed E-state index contributed by atoms with van der Waals surface area (Å²) >= 11 is 0. The third-order valence-corrected chi connectivity index (χ3v) is 4.57. The van der Waals surface area contributed by atoms with Crippen LogP contribution in [-0.4, -0.2) is 52.2 Å². The maximum atomic E-state index is 12.6. The summed E-state index contributed by atoms with van der Waals surface area (Å²) in [5.41, 5.74) is 2.87. The number of benzene rings is 2. The molecule has 0 saturated carbocycles. The number of carboxylic acids is 2. The molecule has 7 heteroatoms. The summed E-state index contributed by atoms with van der Waals surface area (Å²) in [6, 6.07) is 15.7. The van der Waals surface area contributed by atoms with Crippen LogP contribution in [0.25, 0.3) is 11.1 Å². The fourth-order valence-corrected chi connectivity index (χ4v) is 3.09. The van der Waals surface area contributed by atoms with Gasteiger partial charge in [0.1, 0.15) is 6.04 Å². The van der Waals surface area contributed by atoms with Crippen LogP contribution in [0.2, 0.25) is 0 Å². The average Bonchev–Trinajstić information content (AvgIpc) is 2.84. The zero-order chi connectivity index (χ0) is 26.1. The molecule has 184 valence electrons. The van der Waals surface area contributed by atoms with Crippen LogP contribution in [0.5, 0.6) is 0 Å². The molecule has 2 amide bonds. The third-order valence-electron chi connectivity index (χ3n) is 4.57. The largest absolute Gasteiger partial charge is 0.481 e. The molecule has 7 nitrogen and oxygen atoms in total. The number of carbonyl (C=O) groups is 3. The number of nitrogens with zero attached hydrogens (tertiary/aromatic N) is 1. The van der Waals surface area contributed by atoms with E-state index in [1.54, 1.807) is 0 Å². The minimum absolute atomic E-state index is 0.0253. The van der Waals surface area contributed by atoms with E-state index >= 15 is 0 Å². The van der Waals surface area contributed by atoms with Gasteiger partial charge in [0.2, 0.25) is 0 Å². The monoisotopic (exact) mass is 468 g/mol. The van der Waals surface area contributed by atoms with Crippen molar-refractivity contribution < 1.29 is 24.6 Å². The molecule has 2 aromatic carbocycles. The Labute approximate surface area is 202 Å². The molecule has 0 fully saturated rings. The molecule has 0 aromatic heterocycles. The summed E-state index contributed by atoms with van der Waals surface area (Å²) in [6.07, 6.45) is 7.93. The van der Waals surface area contributed by atoms with Crippen LogP contribution in [0.1, 0.15) is 39.7 Å². The van der Waals surface area contributed by atoms with Crippen molar-refractivity contribution in [3.05, 3.63) is 60.2 Å². The number of carboxylic acid groups (broad SMARTS) is 2. The quantitative estimate of drug-likeness (QED) is 0.436. The topological polar surface area (TPSA) is 107 Å². The Balaban J connectivity index is 0.00000258. The number of urea groups is 1. The lowest BCUT2D eigenvalue weighted by Gasteiger charge is -2.26. The third kappa shape index (κ3) is 11.2. The summed E-state index contributed by atoms with van der Waals surface area (Å²) in [6.45, 7) is 8.18. The van der Waals surface area contributed by atoms with E-state index in [9.17, 15) is 19.5 Å². The summed E-state index contributed by atoms with van der Waals surface area (Å²) < 4.78 is 0. The summed E-state index contributed by atoms with van der Waals surface area (Å²) in [5.74, 6) is -2.03. The van der Waals surface area contributed by atoms with E-state index in [1.807, 2.05) is 82.3 Å². The highest BCUT2D eigenvalue weighted by atomic mass is 16.4. The van der Waals surface area contributed by atoms with Crippen LogP contribution in [0.15, 0.2) is 54.6 Å². The molecule has 2 rings (SSSR count). The Morgan fingerprint density at radius 2 is 1.44 bits per heavy atom. The zero-order valence-corrected chi connectivity index (χ0v) is 20.4. The van der Waals surface area contributed by atoms with Gasteiger partial charge in [-0.3, -0.25) is 4.79 Å². The van der Waals surface area contributed by atoms with Gasteiger partial charge in [-0.1, -0.05) is 82.3 Å². The fraction of sp³-hybridized carbons (Fsp3) is 0.370. The van der Waals surface area contributed by atoms with Crippen molar-refractivity contribution in [2.75, 3.05) is 13.1 Å². The molecule has 0 bridgehead atoms. The van der Waals surface area contributed by atoms with Crippen LogP contribution in [-0.2, 0) is 16.0 Å². The molecule has 0 radical (unpaired) electrons. The molecule has 1 unspecified atom stereocenters. The molecule has 3 N–H and O–H groups in total. The van der Waals surface area contributed by atoms with Crippen molar-refractivity contribution in [1.29, 1.82) is 0 Å². The van der Waals surface area contributed by atoms with Crippen molar-refractivity contribution in [2.45, 2.75) is 46.6 Å². The van der Waals surface area contributed by atoms with E-state index in [1.165, 1.54) is 4.90 Å². The standard InChI is InChI=1S/C23H28N2O5.C2H6.C2H2/c1-16(2)15-25(13-12-21(26)27)23(30)24-20(22(28)29)14-17-8-10-19(11-9-17)18-6-4-3-5-7-18;2*1-2/h3-11,16,20H,12-15H2,1-2H3,(H,24,30)(H,26,27)(H,28,29);1-2H3;1-2H. The van der Waals surface area contributed by atoms with Crippen LogP contribution < -0.4 is 5.32 Å². The first-order chi connectivity index (χ1) is 16.3. The first kappa shape index (κ1) is 30.2. The van der Waals surface area contributed by atoms with E-state index < -0.39 is 24.0 Å². The number of carbonyl (C=O) groups excluding carboxylic acids is 1. The van der Waals surface area contributed by atoms with E-state index in [0.717, 1.165) is 16.7 Å². The fourth-order valence-electron chi connectivity index (χ4n) is 3.09. The highest BCUT2D eigenvalue weighted by Gasteiger charge is 2.24. The van der Waals surface area contributed by atoms with Gasteiger partial charge < -0.3 is 20.4 Å². The second-order valence-corrected chi connectivity index (χ2v) is 7.59. The molecule has 0 saturated heterocycles. The Morgan fingerprint density at radius 3 is 1.91 bits per heavy atom. The van der Waals surface area contributed by atoms with Gasteiger partial charge >= 0.3 is 18.0 Å². The van der Waals surface area contributed by atoms with Gasteiger partial charge in [0, 0.05) is 19.5 Å². The predicted molar refractivity (Wildman–Crippen MR) is 135 cm³/mol. The summed E-state index contributed by atoms with van der Waals surface area (Å²) in [5, 5.41) is 21.0. The molecular formula is C27H36N2O5. The minimum atomic E-state index is -1.14. The average molecular weight is 469 g/mol. The van der Waals surface area contributed by atoms with Crippen molar-refractivity contribution in [2.24, 2.45) is 5.92 Å². The van der Waals surface area contributed by atoms with E-state index in [2.05, 4.69) is 18.2 Å². The van der Waals surface area contributed by atoms with Crippen LogP contribution in [0, 0.1) is 18.8 Å². The highest BCUT2D eigenvalue weighted by molar-refractivity contribution is 5.83. The maximum absolute atomic E-state index is 12.6. The highest BCUT2D eigenvalue weighted by Crippen LogP contribution is 2.19. The van der Waals surface area contributed by atoms with Crippen molar-refractivity contribution in [3.8, 4) is 24.0 Å². The second kappa shape index (κ2) is 16.8. The lowest BCUT2D eigenvalue weighted by atomic mass is 10.0. The number of rotatable bonds is 10. The number of aliphatic carboxylic acids is 2. The SMILES string of the molecule is C#C.CC.CC(C)CN(CCC(=O)O)C(=O)NC(Cc1ccc(-c2ccccc2)cc1)C(=O)O. The van der Waals surface area contributed by atoms with E-state index in [0.29, 0.717) is 6.54 Å². The van der Waals surface area contributed by atoms with Crippen LogP contribution in [0.3, 0.4) is 0 Å². The van der Waals surface area contributed by atoms with Crippen molar-refractivity contribution in [3.63, 3.8) is 0 Å². The maximum Gasteiger partial charge on any atom is 0.326 e. The minimum Gasteiger partial charge on any atom is -0.481 e. The summed E-state index contributed by atoms with van der Waals surface area (Å²) in [7, 11) is 0. The molecule has 0 aliphatic carbocycles. The molecule has 0 spiro atoms. The van der Waals surface area contributed by atoms with Crippen molar-refractivity contribution >= 4 is 18.0 Å². The van der Waals surface area contributed by atoms with Gasteiger partial charge in [0.05, 0.1) is 6.42 Å². The number of terminal acetylenes is 1. The lowest BCUT2D eigenvalue weighted by molar-refractivity contribution is -0.139. The van der Waals surface area contributed by atoms with Gasteiger partial charge in [0.25, 0.3) is 0 Å². The van der Waals surface area contributed by atoms with Gasteiger partial charge in [-0.25, -0.2) is 9.59 Å². The Kier molecular flexibility index (Phi) is 14.9. The van der Waals surface area contributed by atoms with Gasteiger partial charge in [-0.05, 0) is 22.6 Å². The van der Waals surface area contributed by atoms with Gasteiger partial charge in [-0.2, -0.15) is 0 Å². The van der Waals surface area contributed by atoms with E-state index in [4.69, 9.17) is 5.11 Å². The number of hydrogen-bond donors (Lipinski definition) is 3. The van der Waals surface area contributed by atoms with Gasteiger partial charge in [-0.15, -0.1) is 12.8 Å². The number of nitrogens with one attached hydrogen (secondary N) is 1. The summed E-state index contributed by atoms with van der Waals surface area (Å²) in [4.78, 5) is 36.5. The molecule has 2 aromatic rings. The van der Waals surface area contributed by atoms with Gasteiger partial charge in [0.15, 0.2) is 0 Å². The lowest BCUT2D eigenvalue weighted by Crippen LogP contribution is -2.50. The Hall–Kier alpha value is -3.79.